The topological polar surface area (TPSA) is 19.0 Å². The molecule has 1 aliphatic heterocycles. The number of aromatic amines is 1. The summed E-state index contributed by atoms with van der Waals surface area (Å²) < 4.78 is 0. The average Bonchev–Trinajstić information content (AvgIpc) is 3.21. The number of hydrogen-bond donors (Lipinski definition) is 1. The number of nitrogens with one attached hydrogen (secondary N) is 1. The molecule has 0 amide bonds. The summed E-state index contributed by atoms with van der Waals surface area (Å²) >= 11 is 6.09. The molecule has 2 nitrogen and oxygen atoms in total. The number of halogens is 1. The number of aromatic nitrogens is 1. The van der Waals surface area contributed by atoms with Crippen LogP contribution in [0.1, 0.15) is 17.5 Å². The number of fused-ring (bicyclic) bond motifs is 1. The number of hydrogen-bond acceptors (Lipinski definition) is 1. The van der Waals surface area contributed by atoms with E-state index < -0.39 is 0 Å². The quantitative estimate of drug-likeness (QED) is 0.332. The van der Waals surface area contributed by atoms with Crippen LogP contribution < -0.4 is 0 Å². The van der Waals surface area contributed by atoms with Crippen molar-refractivity contribution >= 4 is 28.6 Å². The highest BCUT2D eigenvalue weighted by atomic mass is 35.5. The van der Waals surface area contributed by atoms with Crippen LogP contribution in [0.15, 0.2) is 96.6 Å². The molecule has 0 radical (unpaired) electrons. The molecule has 0 atom stereocenters. The molecule has 2 heterocycles. The van der Waals surface area contributed by atoms with Crippen molar-refractivity contribution in [3.63, 3.8) is 0 Å². The van der Waals surface area contributed by atoms with E-state index in [1.807, 2.05) is 18.2 Å². The number of H-pyrrole nitrogens is 1. The Morgan fingerprint density at radius 3 is 2.56 bits per heavy atom. The molecule has 0 saturated heterocycles. The molecule has 0 fully saturated rings. The first-order chi connectivity index (χ1) is 15.8. The summed E-state index contributed by atoms with van der Waals surface area (Å²) in [6, 6.07) is 27.3. The summed E-state index contributed by atoms with van der Waals surface area (Å²) in [5, 5.41) is 2.12. The third kappa shape index (κ3) is 4.72. The molecule has 0 bridgehead atoms. The van der Waals surface area contributed by atoms with Crippen LogP contribution in [0.2, 0.25) is 5.02 Å². The summed E-state index contributed by atoms with van der Waals surface area (Å²) in [4.78, 5) is 6.21. The normalized spacial score (nSPS) is 14.8. The molecule has 0 aliphatic carbocycles. The van der Waals surface area contributed by atoms with E-state index in [0.717, 1.165) is 43.1 Å². The molecule has 5 rings (SSSR count). The number of nitrogens with zero attached hydrogens (tertiary/aromatic N) is 1. The molecule has 160 valence electrons. The van der Waals surface area contributed by atoms with Gasteiger partial charge in [-0.2, -0.15) is 0 Å². The van der Waals surface area contributed by atoms with E-state index in [4.69, 9.17) is 11.6 Å². The molecule has 32 heavy (non-hydrogen) atoms. The molecule has 1 aliphatic rings. The highest BCUT2D eigenvalue weighted by Crippen LogP contribution is 2.31. The Morgan fingerprint density at radius 1 is 0.906 bits per heavy atom. The van der Waals surface area contributed by atoms with Crippen molar-refractivity contribution in [3.05, 3.63) is 113 Å². The van der Waals surface area contributed by atoms with Crippen molar-refractivity contribution in [1.82, 2.24) is 9.88 Å². The van der Waals surface area contributed by atoms with E-state index in [2.05, 4.69) is 88.8 Å². The van der Waals surface area contributed by atoms with Crippen molar-refractivity contribution in [3.8, 4) is 11.3 Å². The first-order valence-electron chi connectivity index (χ1n) is 11.3. The molecule has 0 saturated carbocycles. The zero-order valence-electron chi connectivity index (χ0n) is 18.1. The monoisotopic (exact) mass is 438 g/mol. The lowest BCUT2D eigenvalue weighted by atomic mass is 10.0. The number of rotatable bonds is 6. The van der Waals surface area contributed by atoms with E-state index in [-0.39, 0.29) is 0 Å². The minimum atomic E-state index is 0.781. The van der Waals surface area contributed by atoms with Crippen LogP contribution in [0.25, 0.3) is 28.2 Å². The van der Waals surface area contributed by atoms with Crippen LogP contribution in [-0.2, 0) is 6.42 Å². The molecule has 0 unspecified atom stereocenters. The number of allylic oxidation sites excluding steroid dienone is 1. The van der Waals surface area contributed by atoms with Crippen molar-refractivity contribution in [1.29, 1.82) is 0 Å². The van der Waals surface area contributed by atoms with Gasteiger partial charge >= 0.3 is 0 Å². The maximum atomic E-state index is 6.09. The Kier molecular flexibility index (Phi) is 6.24. The summed E-state index contributed by atoms with van der Waals surface area (Å²) in [6.45, 7) is 3.15. The maximum Gasteiger partial charge on any atom is 0.0497 e. The highest BCUT2D eigenvalue weighted by molar-refractivity contribution is 6.30. The summed E-state index contributed by atoms with van der Waals surface area (Å²) in [7, 11) is 0. The van der Waals surface area contributed by atoms with Gasteiger partial charge in [0.1, 0.15) is 0 Å². The second-order valence-electron chi connectivity index (χ2n) is 8.36. The second kappa shape index (κ2) is 9.60. The molecule has 1 aromatic heterocycles. The first-order valence-corrected chi connectivity index (χ1v) is 11.6. The minimum Gasteiger partial charge on any atom is -0.354 e. The number of benzene rings is 3. The van der Waals surface area contributed by atoms with Gasteiger partial charge in [0.15, 0.2) is 0 Å². The summed E-state index contributed by atoms with van der Waals surface area (Å²) in [5.41, 5.74) is 7.69. The molecule has 0 spiro atoms. The first kappa shape index (κ1) is 20.8. The van der Waals surface area contributed by atoms with Crippen LogP contribution in [0.4, 0.5) is 0 Å². The van der Waals surface area contributed by atoms with Gasteiger partial charge < -0.3 is 4.98 Å². The van der Waals surface area contributed by atoms with Gasteiger partial charge in [0.25, 0.3) is 0 Å². The zero-order valence-corrected chi connectivity index (χ0v) is 18.9. The third-order valence-corrected chi connectivity index (χ3v) is 6.46. The lowest BCUT2D eigenvalue weighted by Crippen LogP contribution is -2.30. The van der Waals surface area contributed by atoms with E-state index in [0.29, 0.717) is 0 Å². The molecule has 3 heteroatoms. The van der Waals surface area contributed by atoms with Gasteiger partial charge in [-0.15, -0.1) is 0 Å². The average molecular weight is 439 g/mol. The smallest absolute Gasteiger partial charge is 0.0497 e. The predicted octanol–water partition coefficient (Wildman–Crippen LogP) is 7.38. The SMILES string of the molecule is Clc1cccc(/C=C/C2=CCN(CCc3c(-c4ccccc4)[nH]c4ccccc34)CC2)c1. The van der Waals surface area contributed by atoms with Crippen molar-refractivity contribution in [2.24, 2.45) is 0 Å². The van der Waals surface area contributed by atoms with Crippen LogP contribution in [0.3, 0.4) is 0 Å². The Bertz CT molecular complexity index is 1270. The molecular formula is C29H27ClN2. The lowest BCUT2D eigenvalue weighted by molar-refractivity contribution is 0.300. The Balaban J connectivity index is 1.28. The molecule has 4 aromatic rings. The van der Waals surface area contributed by atoms with Crippen molar-refractivity contribution < 1.29 is 0 Å². The van der Waals surface area contributed by atoms with Gasteiger partial charge in [-0.05, 0) is 53.3 Å². The molecule has 3 aromatic carbocycles. The fourth-order valence-electron chi connectivity index (χ4n) is 4.48. The summed E-state index contributed by atoms with van der Waals surface area (Å²) in [6.07, 6.45) is 8.87. The number of para-hydroxylation sites is 1. The van der Waals surface area contributed by atoms with Gasteiger partial charge in [0.05, 0.1) is 0 Å². The second-order valence-corrected chi connectivity index (χ2v) is 8.79. The highest BCUT2D eigenvalue weighted by Gasteiger charge is 2.15. The third-order valence-electron chi connectivity index (χ3n) is 6.22. The fourth-order valence-corrected chi connectivity index (χ4v) is 4.67. The van der Waals surface area contributed by atoms with Gasteiger partial charge in [-0.1, -0.05) is 90.5 Å². The van der Waals surface area contributed by atoms with E-state index in [1.54, 1.807) is 0 Å². The van der Waals surface area contributed by atoms with Gasteiger partial charge in [-0.25, -0.2) is 0 Å². The summed E-state index contributed by atoms with van der Waals surface area (Å²) in [5.74, 6) is 0. The predicted molar refractivity (Wildman–Crippen MR) is 137 cm³/mol. The van der Waals surface area contributed by atoms with Gasteiger partial charge in [-0.3, -0.25) is 4.90 Å². The molecular weight excluding hydrogens is 412 g/mol. The van der Waals surface area contributed by atoms with Crippen LogP contribution in [-0.4, -0.2) is 29.5 Å². The fraction of sp³-hybridized carbons (Fsp3) is 0.172. The van der Waals surface area contributed by atoms with E-state index in [9.17, 15) is 0 Å². The zero-order chi connectivity index (χ0) is 21.8. The Hall–Kier alpha value is -3.07. The standard InChI is InChI=1S/C29H27ClN2/c30-25-10-6-7-23(21-25)14-13-22-15-18-32(19-16-22)20-17-27-26-11-4-5-12-28(26)31-29(27)24-8-2-1-3-9-24/h1-15,21,31H,16-20H2/b14-13+. The van der Waals surface area contributed by atoms with Crippen molar-refractivity contribution in [2.75, 3.05) is 19.6 Å². The largest absolute Gasteiger partial charge is 0.354 e. The van der Waals surface area contributed by atoms with Crippen molar-refractivity contribution in [2.45, 2.75) is 12.8 Å². The maximum absolute atomic E-state index is 6.09. The lowest BCUT2D eigenvalue weighted by Gasteiger charge is -2.25. The van der Waals surface area contributed by atoms with Crippen LogP contribution in [0.5, 0.6) is 0 Å². The molecule has 1 N–H and O–H groups in total. The van der Waals surface area contributed by atoms with Gasteiger partial charge in [0.2, 0.25) is 0 Å². The van der Waals surface area contributed by atoms with Gasteiger partial charge in [0, 0.05) is 41.3 Å². The van der Waals surface area contributed by atoms with Crippen LogP contribution in [0, 0.1) is 0 Å². The van der Waals surface area contributed by atoms with Crippen LogP contribution >= 0.6 is 11.6 Å². The van der Waals surface area contributed by atoms with E-state index in [1.165, 1.54) is 33.3 Å². The minimum absolute atomic E-state index is 0.781. The Morgan fingerprint density at radius 2 is 1.75 bits per heavy atom. The Labute approximate surface area is 194 Å². The van der Waals surface area contributed by atoms with E-state index >= 15 is 0 Å².